The third-order valence-electron chi connectivity index (χ3n) is 4.80. The van der Waals surface area contributed by atoms with Crippen LogP contribution in [0.15, 0.2) is 12.2 Å². The van der Waals surface area contributed by atoms with E-state index >= 15 is 0 Å². The molecular formula is C21H32Cl3N3O6. The van der Waals surface area contributed by atoms with Crippen molar-refractivity contribution < 1.29 is 28.7 Å². The number of hydrazine groups is 1. The van der Waals surface area contributed by atoms with Crippen LogP contribution in [0.3, 0.4) is 0 Å². The molecule has 9 nitrogen and oxygen atoms in total. The lowest BCUT2D eigenvalue weighted by Gasteiger charge is -2.34. The van der Waals surface area contributed by atoms with Crippen LogP contribution in [0.25, 0.3) is 0 Å². The van der Waals surface area contributed by atoms with E-state index in [4.69, 9.17) is 44.3 Å². The average Bonchev–Trinajstić information content (AvgIpc) is 2.74. The molecule has 0 saturated carbocycles. The van der Waals surface area contributed by atoms with Crippen LogP contribution in [0.4, 0.5) is 0 Å². The zero-order chi connectivity index (χ0) is 25.3. The van der Waals surface area contributed by atoms with Gasteiger partial charge >= 0.3 is 11.9 Å². The number of rotatable bonds is 9. The number of carbonyl (C=O) groups is 4. The summed E-state index contributed by atoms with van der Waals surface area (Å²) in [4.78, 5) is 50.0. The van der Waals surface area contributed by atoms with Crippen molar-refractivity contribution in [3.63, 3.8) is 0 Å². The van der Waals surface area contributed by atoms with E-state index in [2.05, 4.69) is 10.7 Å². The number of nitrogens with zero attached hydrogens (tertiary/aromatic N) is 1. The number of esters is 2. The van der Waals surface area contributed by atoms with Gasteiger partial charge in [0, 0.05) is 6.54 Å². The van der Waals surface area contributed by atoms with E-state index in [9.17, 15) is 19.2 Å². The third-order valence-corrected chi connectivity index (χ3v) is 5.13. The second-order valence-electron chi connectivity index (χ2n) is 8.18. The molecule has 4 atom stereocenters. The van der Waals surface area contributed by atoms with Crippen LogP contribution in [0.2, 0.25) is 0 Å². The Balaban J connectivity index is 2.71. The molecule has 1 aliphatic heterocycles. The first kappa shape index (κ1) is 29.5. The minimum atomic E-state index is -1.74. The molecule has 1 heterocycles. The van der Waals surface area contributed by atoms with E-state index in [0.29, 0.717) is 19.4 Å². The molecule has 0 spiro atoms. The fraction of sp³-hybridized carbons (Fsp3) is 0.714. The van der Waals surface area contributed by atoms with Crippen molar-refractivity contribution in [2.75, 3.05) is 13.2 Å². The molecule has 0 aromatic heterocycles. The van der Waals surface area contributed by atoms with Crippen molar-refractivity contribution in [3.05, 3.63) is 12.2 Å². The number of halogens is 3. The van der Waals surface area contributed by atoms with Crippen LogP contribution >= 0.6 is 34.8 Å². The summed E-state index contributed by atoms with van der Waals surface area (Å²) in [6.45, 7) is 8.35. The molecule has 0 aliphatic carbocycles. The molecule has 0 aromatic carbocycles. The van der Waals surface area contributed by atoms with Crippen LogP contribution in [0.5, 0.6) is 0 Å². The summed E-state index contributed by atoms with van der Waals surface area (Å²) in [6, 6.07) is -1.73. The summed E-state index contributed by atoms with van der Waals surface area (Å²) in [5, 5.41) is 3.84. The SMILES string of the molecule is C/C=C/C(C)C(=O)OC(C(=O)NC(C)C(=O)N1CCCC(C(=O)OCC(Cl)(Cl)Cl)N1)C(C)C. The summed E-state index contributed by atoms with van der Waals surface area (Å²) < 4.78 is 8.62. The maximum atomic E-state index is 12.8. The van der Waals surface area contributed by atoms with E-state index in [1.54, 1.807) is 39.8 Å². The Morgan fingerprint density at radius 2 is 1.82 bits per heavy atom. The number of ether oxygens (including phenoxy) is 2. The molecule has 0 aromatic rings. The Kier molecular flexibility index (Phi) is 11.9. The van der Waals surface area contributed by atoms with Gasteiger partial charge in [0.15, 0.2) is 6.10 Å². The van der Waals surface area contributed by atoms with Crippen molar-refractivity contribution in [2.45, 2.75) is 69.4 Å². The van der Waals surface area contributed by atoms with Gasteiger partial charge in [0.2, 0.25) is 3.79 Å². The quantitative estimate of drug-likeness (QED) is 0.269. The van der Waals surface area contributed by atoms with E-state index in [0.717, 1.165) is 0 Å². The van der Waals surface area contributed by atoms with Crippen LogP contribution in [-0.4, -0.2) is 63.9 Å². The van der Waals surface area contributed by atoms with Gasteiger partial charge in [0.05, 0.1) is 5.92 Å². The first-order valence-corrected chi connectivity index (χ1v) is 11.8. The maximum absolute atomic E-state index is 12.8. The molecule has 12 heteroatoms. The Hall–Kier alpha value is -1.55. The van der Waals surface area contributed by atoms with Gasteiger partial charge in [0.1, 0.15) is 18.7 Å². The van der Waals surface area contributed by atoms with Gasteiger partial charge in [-0.1, -0.05) is 60.8 Å². The zero-order valence-corrected chi connectivity index (χ0v) is 21.7. The summed E-state index contributed by atoms with van der Waals surface area (Å²) in [5.74, 6) is -3.04. The van der Waals surface area contributed by atoms with E-state index < -0.39 is 58.3 Å². The molecule has 0 bridgehead atoms. The maximum Gasteiger partial charge on any atom is 0.325 e. The lowest BCUT2D eigenvalue weighted by Crippen LogP contribution is -2.60. The first-order chi connectivity index (χ1) is 15.3. The summed E-state index contributed by atoms with van der Waals surface area (Å²) in [7, 11) is 0. The Bertz CT molecular complexity index is 741. The highest BCUT2D eigenvalue weighted by molar-refractivity contribution is 6.67. The van der Waals surface area contributed by atoms with Crippen LogP contribution in [0, 0.1) is 11.8 Å². The lowest BCUT2D eigenvalue weighted by molar-refractivity contribution is -0.161. The van der Waals surface area contributed by atoms with Crippen molar-refractivity contribution >= 4 is 58.6 Å². The molecule has 2 N–H and O–H groups in total. The highest BCUT2D eigenvalue weighted by Crippen LogP contribution is 2.26. The first-order valence-electron chi connectivity index (χ1n) is 10.7. The van der Waals surface area contributed by atoms with Gasteiger partial charge in [-0.15, -0.1) is 0 Å². The summed E-state index contributed by atoms with van der Waals surface area (Å²) in [5.41, 5.74) is 2.79. The normalized spacial score (nSPS) is 19.7. The van der Waals surface area contributed by atoms with Crippen molar-refractivity contribution in [1.29, 1.82) is 0 Å². The Labute approximate surface area is 209 Å². The highest BCUT2D eigenvalue weighted by atomic mass is 35.6. The minimum absolute atomic E-state index is 0.306. The molecule has 1 fully saturated rings. The second-order valence-corrected chi connectivity index (χ2v) is 10.7. The van der Waals surface area contributed by atoms with Gasteiger partial charge in [-0.25, -0.2) is 5.43 Å². The fourth-order valence-corrected chi connectivity index (χ4v) is 3.22. The standard InChI is InChI=1S/C21H32Cl3N3O6/c1-6-8-13(4)19(30)33-16(12(2)3)17(28)25-14(5)18(29)27-10-7-9-15(26-27)20(31)32-11-21(22,23)24/h6,8,12-16,26H,7,9-11H2,1-5H3,(H,25,28)/b8-6+. The molecule has 0 radical (unpaired) electrons. The number of hydrogen-bond donors (Lipinski definition) is 2. The van der Waals surface area contributed by atoms with Crippen LogP contribution in [-0.2, 0) is 28.7 Å². The smallest absolute Gasteiger partial charge is 0.325 e. The van der Waals surface area contributed by atoms with E-state index in [1.807, 2.05) is 0 Å². The van der Waals surface area contributed by atoms with Crippen LogP contribution in [0.1, 0.15) is 47.5 Å². The second kappa shape index (κ2) is 13.4. The van der Waals surface area contributed by atoms with Gasteiger partial charge in [-0.3, -0.25) is 24.2 Å². The fourth-order valence-electron chi connectivity index (χ4n) is 3.05. The lowest BCUT2D eigenvalue weighted by atomic mass is 10.1. The topological polar surface area (TPSA) is 114 Å². The minimum Gasteiger partial charge on any atom is -0.460 e. The average molecular weight is 529 g/mol. The largest absolute Gasteiger partial charge is 0.460 e. The molecule has 33 heavy (non-hydrogen) atoms. The predicted molar refractivity (Wildman–Crippen MR) is 125 cm³/mol. The van der Waals surface area contributed by atoms with E-state index in [1.165, 1.54) is 11.9 Å². The Morgan fingerprint density at radius 1 is 1.18 bits per heavy atom. The van der Waals surface area contributed by atoms with Crippen molar-refractivity contribution in [1.82, 2.24) is 15.8 Å². The molecule has 188 valence electrons. The number of amides is 2. The number of carbonyl (C=O) groups excluding carboxylic acids is 4. The molecule has 4 unspecified atom stereocenters. The van der Waals surface area contributed by atoms with Gasteiger partial charge in [0.25, 0.3) is 11.8 Å². The molecule has 1 saturated heterocycles. The number of nitrogens with one attached hydrogen (secondary N) is 2. The van der Waals surface area contributed by atoms with Gasteiger partial charge in [-0.2, -0.15) is 0 Å². The number of hydrogen-bond acceptors (Lipinski definition) is 7. The summed E-state index contributed by atoms with van der Waals surface area (Å²) in [6.07, 6.45) is 3.30. The monoisotopic (exact) mass is 527 g/mol. The van der Waals surface area contributed by atoms with E-state index in [-0.39, 0.29) is 5.92 Å². The zero-order valence-electron chi connectivity index (χ0n) is 19.4. The van der Waals surface area contributed by atoms with Crippen molar-refractivity contribution in [3.8, 4) is 0 Å². The molecular weight excluding hydrogens is 497 g/mol. The molecule has 1 aliphatic rings. The van der Waals surface area contributed by atoms with Gasteiger partial charge < -0.3 is 14.8 Å². The van der Waals surface area contributed by atoms with Crippen molar-refractivity contribution in [2.24, 2.45) is 11.8 Å². The number of allylic oxidation sites excluding steroid dienone is 1. The van der Waals surface area contributed by atoms with Gasteiger partial charge in [-0.05, 0) is 39.5 Å². The molecule has 2 amide bonds. The summed E-state index contributed by atoms with van der Waals surface area (Å²) >= 11 is 16.8. The molecule has 1 rings (SSSR count). The third kappa shape index (κ3) is 10.1. The number of alkyl halides is 3. The highest BCUT2D eigenvalue weighted by Gasteiger charge is 2.35. The van der Waals surface area contributed by atoms with Crippen LogP contribution < -0.4 is 10.7 Å². The Morgan fingerprint density at radius 3 is 2.36 bits per heavy atom. The predicted octanol–water partition coefficient (Wildman–Crippen LogP) is 2.68.